The molecule has 0 amide bonds. The number of aryl methyl sites for hydroxylation is 1. The standard InChI is InChI=1S/C19H24N6O2/c1-22-6-8-24(9-7-22)11-15-12-25-18(21-15)16(13-23(2)19(25)26)14-4-5-17(27-3)20-10-14/h4-5,10,12-13H,6-9,11H2,1-3H3. The topological polar surface area (TPSA) is 67.9 Å². The monoisotopic (exact) mass is 368 g/mol. The van der Waals surface area contributed by atoms with Gasteiger partial charge in [-0.3, -0.25) is 9.30 Å². The number of methoxy groups -OCH3 is 1. The van der Waals surface area contributed by atoms with Crippen molar-refractivity contribution in [3.05, 3.63) is 46.9 Å². The van der Waals surface area contributed by atoms with E-state index in [9.17, 15) is 4.79 Å². The fourth-order valence-electron chi connectivity index (χ4n) is 3.42. The second-order valence-electron chi connectivity index (χ2n) is 7.03. The van der Waals surface area contributed by atoms with Crippen molar-refractivity contribution in [3.63, 3.8) is 0 Å². The fourth-order valence-corrected chi connectivity index (χ4v) is 3.42. The number of likely N-dealkylation sites (N-methyl/N-ethyl adjacent to an activating group) is 1. The summed E-state index contributed by atoms with van der Waals surface area (Å²) in [6.07, 6.45) is 5.41. The van der Waals surface area contributed by atoms with Gasteiger partial charge in [-0.2, -0.15) is 0 Å². The number of piperazine rings is 1. The van der Waals surface area contributed by atoms with Gasteiger partial charge >= 0.3 is 5.69 Å². The molecule has 0 unspecified atom stereocenters. The van der Waals surface area contributed by atoms with Gasteiger partial charge in [0, 0.05) is 75.6 Å². The Morgan fingerprint density at radius 1 is 1.11 bits per heavy atom. The van der Waals surface area contributed by atoms with Crippen LogP contribution in [0.4, 0.5) is 0 Å². The van der Waals surface area contributed by atoms with Crippen LogP contribution in [0.1, 0.15) is 5.69 Å². The minimum Gasteiger partial charge on any atom is -0.481 e. The Morgan fingerprint density at radius 2 is 1.89 bits per heavy atom. The molecule has 1 fully saturated rings. The van der Waals surface area contributed by atoms with Crippen LogP contribution in [0.15, 0.2) is 35.5 Å². The third-order valence-electron chi connectivity index (χ3n) is 5.07. The minimum absolute atomic E-state index is 0.104. The van der Waals surface area contributed by atoms with E-state index in [1.165, 1.54) is 0 Å². The molecule has 0 bridgehead atoms. The van der Waals surface area contributed by atoms with Crippen LogP contribution in [0, 0.1) is 0 Å². The summed E-state index contributed by atoms with van der Waals surface area (Å²) in [5.74, 6) is 0.554. The summed E-state index contributed by atoms with van der Waals surface area (Å²) in [5.41, 5.74) is 3.23. The van der Waals surface area contributed by atoms with Gasteiger partial charge in [-0.05, 0) is 13.1 Å². The van der Waals surface area contributed by atoms with Crippen molar-refractivity contribution in [1.29, 1.82) is 0 Å². The Balaban J connectivity index is 1.72. The fraction of sp³-hybridized carbons (Fsp3) is 0.421. The first kappa shape index (κ1) is 17.7. The number of hydrogen-bond donors (Lipinski definition) is 0. The van der Waals surface area contributed by atoms with Gasteiger partial charge in [-0.15, -0.1) is 0 Å². The van der Waals surface area contributed by atoms with Crippen LogP contribution in [0.2, 0.25) is 0 Å². The van der Waals surface area contributed by atoms with Gasteiger partial charge in [0.25, 0.3) is 0 Å². The summed E-state index contributed by atoms with van der Waals surface area (Å²) in [4.78, 5) is 26.4. The second kappa shape index (κ2) is 7.13. The molecule has 27 heavy (non-hydrogen) atoms. The Kier molecular flexibility index (Phi) is 4.67. The molecule has 4 rings (SSSR count). The maximum absolute atomic E-state index is 12.6. The molecule has 0 spiro atoms. The lowest BCUT2D eigenvalue weighted by atomic mass is 10.1. The van der Waals surface area contributed by atoms with Crippen LogP contribution in [0.25, 0.3) is 16.8 Å². The molecule has 4 heterocycles. The molecule has 8 heteroatoms. The average Bonchev–Trinajstić information content (AvgIpc) is 3.10. The molecule has 1 aliphatic heterocycles. The summed E-state index contributed by atoms with van der Waals surface area (Å²) in [5, 5.41) is 0. The molecular formula is C19H24N6O2. The van der Waals surface area contributed by atoms with Crippen molar-refractivity contribution in [2.24, 2.45) is 7.05 Å². The summed E-state index contributed by atoms with van der Waals surface area (Å²) >= 11 is 0. The van der Waals surface area contributed by atoms with E-state index in [2.05, 4.69) is 21.8 Å². The lowest BCUT2D eigenvalue weighted by Gasteiger charge is -2.31. The van der Waals surface area contributed by atoms with Crippen LogP contribution < -0.4 is 10.4 Å². The van der Waals surface area contributed by atoms with Crippen LogP contribution in [-0.2, 0) is 13.6 Å². The Bertz CT molecular complexity index is 999. The highest BCUT2D eigenvalue weighted by molar-refractivity contribution is 5.76. The molecule has 142 valence electrons. The Labute approximate surface area is 157 Å². The number of imidazole rings is 1. The third kappa shape index (κ3) is 3.45. The summed E-state index contributed by atoms with van der Waals surface area (Å²) in [7, 11) is 5.48. The normalized spacial score (nSPS) is 16.1. The Hall–Kier alpha value is -2.71. The van der Waals surface area contributed by atoms with Gasteiger partial charge < -0.3 is 14.2 Å². The number of pyridine rings is 1. The van der Waals surface area contributed by atoms with Crippen LogP contribution >= 0.6 is 0 Å². The zero-order chi connectivity index (χ0) is 19.0. The van der Waals surface area contributed by atoms with Crippen molar-refractivity contribution in [2.75, 3.05) is 40.3 Å². The molecule has 1 saturated heterocycles. The van der Waals surface area contributed by atoms with E-state index in [1.807, 2.05) is 24.5 Å². The largest absolute Gasteiger partial charge is 0.481 e. The van der Waals surface area contributed by atoms with Gasteiger partial charge in [-0.25, -0.2) is 14.8 Å². The predicted octanol–water partition coefficient (Wildman–Crippen LogP) is 0.851. The van der Waals surface area contributed by atoms with E-state index < -0.39 is 0 Å². The van der Waals surface area contributed by atoms with Crippen LogP contribution in [-0.4, -0.2) is 69.1 Å². The zero-order valence-corrected chi connectivity index (χ0v) is 15.9. The van der Waals surface area contributed by atoms with Crippen molar-refractivity contribution in [3.8, 4) is 17.0 Å². The lowest BCUT2D eigenvalue weighted by Crippen LogP contribution is -2.43. The second-order valence-corrected chi connectivity index (χ2v) is 7.03. The zero-order valence-electron chi connectivity index (χ0n) is 15.9. The van der Waals surface area contributed by atoms with E-state index in [0.717, 1.165) is 49.5 Å². The minimum atomic E-state index is -0.104. The molecule has 0 atom stereocenters. The molecule has 0 aliphatic carbocycles. The van der Waals surface area contributed by atoms with Gasteiger partial charge in [0.1, 0.15) is 0 Å². The van der Waals surface area contributed by atoms with Crippen LogP contribution in [0.3, 0.4) is 0 Å². The van der Waals surface area contributed by atoms with Crippen molar-refractivity contribution >= 4 is 5.65 Å². The first-order valence-electron chi connectivity index (χ1n) is 9.04. The highest BCUT2D eigenvalue weighted by Gasteiger charge is 2.17. The van der Waals surface area contributed by atoms with E-state index in [0.29, 0.717) is 11.5 Å². The molecular weight excluding hydrogens is 344 g/mol. The number of fused-ring (bicyclic) bond motifs is 1. The summed E-state index contributed by atoms with van der Waals surface area (Å²) < 4.78 is 8.34. The smallest absolute Gasteiger partial charge is 0.333 e. The SMILES string of the molecule is COc1ccc(-c2cn(C)c(=O)n3cc(CN4CCN(C)CC4)nc23)cn1. The molecule has 0 radical (unpaired) electrons. The third-order valence-corrected chi connectivity index (χ3v) is 5.07. The predicted molar refractivity (Wildman–Crippen MR) is 103 cm³/mol. The molecule has 0 aromatic carbocycles. The van der Waals surface area contributed by atoms with E-state index in [-0.39, 0.29) is 5.69 Å². The maximum atomic E-state index is 12.6. The summed E-state index contributed by atoms with van der Waals surface area (Å²) in [6.45, 7) is 4.88. The van der Waals surface area contributed by atoms with E-state index >= 15 is 0 Å². The number of aromatic nitrogens is 4. The molecule has 1 aliphatic rings. The van der Waals surface area contributed by atoms with Gasteiger partial charge in [0.15, 0.2) is 5.65 Å². The van der Waals surface area contributed by atoms with Crippen molar-refractivity contribution < 1.29 is 4.74 Å². The van der Waals surface area contributed by atoms with Crippen molar-refractivity contribution in [2.45, 2.75) is 6.54 Å². The van der Waals surface area contributed by atoms with E-state index in [1.54, 1.807) is 29.3 Å². The first-order valence-corrected chi connectivity index (χ1v) is 9.04. The highest BCUT2D eigenvalue weighted by Crippen LogP contribution is 2.24. The van der Waals surface area contributed by atoms with Gasteiger partial charge in [-0.1, -0.05) is 0 Å². The molecule has 3 aromatic rings. The first-order chi connectivity index (χ1) is 13.0. The van der Waals surface area contributed by atoms with Gasteiger partial charge in [0.05, 0.1) is 12.8 Å². The average molecular weight is 368 g/mol. The van der Waals surface area contributed by atoms with E-state index in [4.69, 9.17) is 9.72 Å². The number of ether oxygens (including phenoxy) is 1. The summed E-state index contributed by atoms with van der Waals surface area (Å²) in [6, 6.07) is 3.74. The molecule has 0 saturated carbocycles. The molecule has 8 nitrogen and oxygen atoms in total. The highest BCUT2D eigenvalue weighted by atomic mass is 16.5. The number of nitrogens with zero attached hydrogens (tertiary/aromatic N) is 6. The number of hydrogen-bond acceptors (Lipinski definition) is 6. The lowest BCUT2D eigenvalue weighted by molar-refractivity contribution is 0.147. The van der Waals surface area contributed by atoms with Gasteiger partial charge in [0.2, 0.25) is 5.88 Å². The number of rotatable bonds is 4. The van der Waals surface area contributed by atoms with Crippen LogP contribution in [0.5, 0.6) is 5.88 Å². The Morgan fingerprint density at radius 3 is 2.56 bits per heavy atom. The van der Waals surface area contributed by atoms with Crippen molar-refractivity contribution in [1.82, 2.24) is 28.7 Å². The molecule has 0 N–H and O–H groups in total. The maximum Gasteiger partial charge on any atom is 0.333 e. The quantitative estimate of drug-likeness (QED) is 0.680. The molecule has 3 aromatic heterocycles.